The molecule has 1 spiro atoms. The number of hydrogen-bond acceptors (Lipinski definition) is 4. The molecule has 24 heavy (non-hydrogen) atoms. The van der Waals surface area contributed by atoms with E-state index in [-0.39, 0.29) is 18.4 Å². The van der Waals surface area contributed by atoms with E-state index in [0.29, 0.717) is 12.8 Å². The Morgan fingerprint density at radius 2 is 1.92 bits per heavy atom. The maximum atomic E-state index is 12.8. The molecule has 2 fully saturated rings. The zero-order valence-electron chi connectivity index (χ0n) is 14.9. The molecule has 1 saturated carbocycles. The van der Waals surface area contributed by atoms with Crippen LogP contribution in [0.5, 0.6) is 0 Å². The van der Waals surface area contributed by atoms with Gasteiger partial charge in [0.25, 0.3) is 5.91 Å². The number of amides is 4. The summed E-state index contributed by atoms with van der Waals surface area (Å²) in [6.07, 6.45) is 4.17. The van der Waals surface area contributed by atoms with Gasteiger partial charge in [0.15, 0.2) is 0 Å². The van der Waals surface area contributed by atoms with Crippen molar-refractivity contribution < 1.29 is 14.4 Å². The van der Waals surface area contributed by atoms with E-state index < -0.39 is 23.0 Å². The summed E-state index contributed by atoms with van der Waals surface area (Å²) in [7, 11) is 1.64. The second-order valence-corrected chi connectivity index (χ2v) is 7.34. The van der Waals surface area contributed by atoms with Gasteiger partial charge in [-0.25, -0.2) is 4.79 Å². The molecule has 4 amide bonds. The number of imide groups is 1. The van der Waals surface area contributed by atoms with Crippen molar-refractivity contribution in [2.45, 2.75) is 64.0 Å². The molecule has 1 aliphatic heterocycles. The number of urea groups is 1. The van der Waals surface area contributed by atoms with E-state index in [2.05, 4.69) is 11.4 Å². The summed E-state index contributed by atoms with van der Waals surface area (Å²) in [5.74, 6) is -0.868. The smallest absolute Gasteiger partial charge is 0.327 e. The van der Waals surface area contributed by atoms with Gasteiger partial charge in [-0.2, -0.15) is 5.26 Å². The van der Waals surface area contributed by atoms with E-state index in [1.165, 1.54) is 4.90 Å². The molecule has 0 radical (unpaired) electrons. The topological polar surface area (TPSA) is 93.5 Å². The van der Waals surface area contributed by atoms with Crippen molar-refractivity contribution in [2.75, 3.05) is 13.6 Å². The third-order valence-corrected chi connectivity index (χ3v) is 5.57. The fraction of sp³-hybridized carbons (Fsp3) is 0.765. The molecular formula is C17H26N4O3. The van der Waals surface area contributed by atoms with Crippen molar-refractivity contribution in [2.24, 2.45) is 5.92 Å². The van der Waals surface area contributed by atoms with Crippen LogP contribution in [-0.2, 0) is 9.59 Å². The van der Waals surface area contributed by atoms with Crippen LogP contribution in [-0.4, -0.2) is 52.3 Å². The highest BCUT2D eigenvalue weighted by Gasteiger charge is 2.55. The van der Waals surface area contributed by atoms with Gasteiger partial charge >= 0.3 is 6.03 Å². The first kappa shape index (κ1) is 18.2. The molecule has 132 valence electrons. The summed E-state index contributed by atoms with van der Waals surface area (Å²) in [4.78, 5) is 40.1. The molecule has 0 aromatic carbocycles. The number of rotatable bonds is 4. The third kappa shape index (κ3) is 2.85. The molecule has 1 atom stereocenters. The number of carbonyl (C=O) groups is 3. The molecule has 1 heterocycles. The van der Waals surface area contributed by atoms with Crippen molar-refractivity contribution in [1.82, 2.24) is 15.1 Å². The summed E-state index contributed by atoms with van der Waals surface area (Å²) in [6.45, 7) is 4.96. The molecule has 0 bridgehead atoms. The van der Waals surface area contributed by atoms with Gasteiger partial charge in [0.2, 0.25) is 5.91 Å². The molecule has 1 aliphatic carbocycles. The largest absolute Gasteiger partial charge is 0.336 e. The summed E-state index contributed by atoms with van der Waals surface area (Å²) < 4.78 is 0. The standard InChI is InChI=1S/C17H26N4O3/c1-12(2)16(3,11-18)19-13(22)10-21-14(23)17(20(4)15(21)24)8-6-5-7-9-17/h12H,5-10H2,1-4H3,(H,19,22)/t16-/m1/s1. The van der Waals surface area contributed by atoms with E-state index in [1.807, 2.05) is 13.8 Å². The summed E-state index contributed by atoms with van der Waals surface area (Å²) in [6, 6.07) is 1.66. The molecule has 2 rings (SSSR count). The first-order chi connectivity index (χ1) is 11.2. The van der Waals surface area contributed by atoms with Gasteiger partial charge in [0.05, 0.1) is 6.07 Å². The second-order valence-electron chi connectivity index (χ2n) is 7.34. The SMILES string of the molecule is CC(C)[C@@](C)(C#N)NC(=O)CN1C(=O)N(C)C2(CCCCC2)C1=O. The second kappa shape index (κ2) is 6.42. The zero-order chi connectivity index (χ0) is 18.1. The van der Waals surface area contributed by atoms with E-state index in [1.54, 1.807) is 14.0 Å². The lowest BCUT2D eigenvalue weighted by Crippen LogP contribution is -2.53. The van der Waals surface area contributed by atoms with Crippen molar-refractivity contribution >= 4 is 17.8 Å². The monoisotopic (exact) mass is 334 g/mol. The Labute approximate surface area is 143 Å². The van der Waals surface area contributed by atoms with E-state index in [9.17, 15) is 19.6 Å². The van der Waals surface area contributed by atoms with Crippen molar-refractivity contribution in [3.05, 3.63) is 0 Å². The lowest BCUT2D eigenvalue weighted by molar-refractivity contribution is -0.137. The summed E-state index contributed by atoms with van der Waals surface area (Å²) >= 11 is 0. The molecule has 2 aliphatic rings. The van der Waals surface area contributed by atoms with Crippen LogP contribution in [0.1, 0.15) is 52.9 Å². The predicted molar refractivity (Wildman–Crippen MR) is 87.7 cm³/mol. The van der Waals surface area contributed by atoms with Gasteiger partial charge in [0, 0.05) is 7.05 Å². The Bertz CT molecular complexity index is 589. The quantitative estimate of drug-likeness (QED) is 0.791. The Kier molecular flexibility index (Phi) is 4.88. The Morgan fingerprint density at radius 1 is 1.33 bits per heavy atom. The maximum absolute atomic E-state index is 12.8. The van der Waals surface area contributed by atoms with Crippen molar-refractivity contribution in [3.63, 3.8) is 0 Å². The number of nitrogens with zero attached hydrogens (tertiary/aromatic N) is 3. The van der Waals surface area contributed by atoms with E-state index >= 15 is 0 Å². The Balaban J connectivity index is 2.13. The van der Waals surface area contributed by atoms with Crippen LogP contribution in [0.4, 0.5) is 4.79 Å². The van der Waals surface area contributed by atoms with E-state index in [0.717, 1.165) is 24.2 Å². The van der Waals surface area contributed by atoms with Gasteiger partial charge in [-0.15, -0.1) is 0 Å². The normalized spacial score (nSPS) is 22.7. The minimum absolute atomic E-state index is 0.0937. The van der Waals surface area contributed by atoms with Crippen molar-refractivity contribution in [3.8, 4) is 6.07 Å². The number of carbonyl (C=O) groups excluding carboxylic acids is 3. The van der Waals surface area contributed by atoms with Gasteiger partial charge in [-0.1, -0.05) is 33.1 Å². The summed E-state index contributed by atoms with van der Waals surface area (Å²) in [5.41, 5.74) is -1.82. The van der Waals surface area contributed by atoms with Gasteiger partial charge in [-0.3, -0.25) is 14.5 Å². The van der Waals surface area contributed by atoms with E-state index in [4.69, 9.17) is 0 Å². The highest BCUT2D eigenvalue weighted by molar-refractivity contribution is 6.09. The van der Waals surface area contributed by atoms with Crippen LogP contribution in [0.3, 0.4) is 0 Å². The average molecular weight is 334 g/mol. The molecular weight excluding hydrogens is 308 g/mol. The fourth-order valence-corrected chi connectivity index (χ4v) is 3.45. The highest BCUT2D eigenvalue weighted by Crippen LogP contribution is 2.39. The zero-order valence-corrected chi connectivity index (χ0v) is 14.9. The van der Waals surface area contributed by atoms with Crippen LogP contribution in [0, 0.1) is 17.2 Å². The number of hydrogen-bond donors (Lipinski definition) is 1. The number of likely N-dealkylation sites (N-methyl/N-ethyl adjacent to an activating group) is 1. The Hall–Kier alpha value is -2.10. The number of nitriles is 1. The average Bonchev–Trinajstić information content (AvgIpc) is 2.71. The molecule has 7 heteroatoms. The van der Waals surface area contributed by atoms with Gasteiger partial charge < -0.3 is 10.2 Å². The lowest BCUT2D eigenvalue weighted by Gasteiger charge is -2.35. The maximum Gasteiger partial charge on any atom is 0.327 e. The summed E-state index contributed by atoms with van der Waals surface area (Å²) in [5, 5.41) is 11.9. The number of nitrogens with one attached hydrogen (secondary N) is 1. The molecule has 0 aromatic heterocycles. The fourth-order valence-electron chi connectivity index (χ4n) is 3.45. The first-order valence-electron chi connectivity index (χ1n) is 8.50. The third-order valence-electron chi connectivity index (χ3n) is 5.57. The van der Waals surface area contributed by atoms with Crippen LogP contribution in [0.2, 0.25) is 0 Å². The lowest BCUT2D eigenvalue weighted by atomic mass is 9.81. The predicted octanol–water partition coefficient (Wildman–Crippen LogP) is 1.64. The van der Waals surface area contributed by atoms with Crippen LogP contribution >= 0.6 is 0 Å². The molecule has 0 aromatic rings. The minimum atomic E-state index is -1.03. The van der Waals surface area contributed by atoms with Crippen molar-refractivity contribution in [1.29, 1.82) is 5.26 Å². The Morgan fingerprint density at radius 3 is 2.42 bits per heavy atom. The molecule has 7 nitrogen and oxygen atoms in total. The van der Waals surface area contributed by atoms with Gasteiger partial charge in [-0.05, 0) is 25.7 Å². The van der Waals surface area contributed by atoms with Gasteiger partial charge in [0.1, 0.15) is 17.6 Å². The highest BCUT2D eigenvalue weighted by atomic mass is 16.2. The first-order valence-corrected chi connectivity index (χ1v) is 8.50. The van der Waals surface area contributed by atoms with Crippen LogP contribution in [0.25, 0.3) is 0 Å². The molecule has 1 N–H and O–H groups in total. The molecule has 0 unspecified atom stereocenters. The minimum Gasteiger partial charge on any atom is -0.336 e. The van der Waals surface area contributed by atoms with Crippen LogP contribution in [0.15, 0.2) is 0 Å². The van der Waals surface area contributed by atoms with Crippen LogP contribution < -0.4 is 5.32 Å². The molecule has 1 saturated heterocycles.